The topological polar surface area (TPSA) is 43.4 Å². The zero-order chi connectivity index (χ0) is 15.4. The molecule has 7 heteroatoms. The molecule has 0 bridgehead atoms. The lowest BCUT2D eigenvalue weighted by atomic mass is 10.4. The zero-order valence-corrected chi connectivity index (χ0v) is 11.3. The van der Waals surface area contributed by atoms with E-state index < -0.39 is 26.7 Å². The number of sulfone groups is 1. The van der Waals surface area contributed by atoms with Crippen LogP contribution in [-0.2, 0) is 14.6 Å². The van der Waals surface area contributed by atoms with Crippen molar-refractivity contribution in [3.05, 3.63) is 41.0 Å². The van der Waals surface area contributed by atoms with Crippen molar-refractivity contribution in [1.82, 2.24) is 0 Å². The van der Waals surface area contributed by atoms with Gasteiger partial charge in [-0.15, -0.1) is 6.42 Å². The number of allylic oxidation sites excluding steroid dienone is 2. The van der Waals surface area contributed by atoms with Crippen molar-refractivity contribution in [1.29, 1.82) is 0 Å². The molecule has 0 aliphatic carbocycles. The number of rotatable bonds is 4. The molecule has 0 heterocycles. The molecule has 0 fully saturated rings. The largest absolute Gasteiger partial charge is 0.488 e. The summed E-state index contributed by atoms with van der Waals surface area (Å²) in [4.78, 5) is -1.55. The van der Waals surface area contributed by atoms with Crippen LogP contribution in [0.25, 0.3) is 0 Å². The third kappa shape index (κ3) is 3.33. The fourth-order valence-electron chi connectivity index (χ4n) is 1.40. The van der Waals surface area contributed by atoms with Crippen LogP contribution in [0, 0.1) is 12.3 Å². The van der Waals surface area contributed by atoms with Gasteiger partial charge in [-0.05, 0) is 19.1 Å². The molecule has 1 rings (SSSR count). The van der Waals surface area contributed by atoms with E-state index in [-0.39, 0.29) is 11.5 Å². The van der Waals surface area contributed by atoms with Gasteiger partial charge in [0, 0.05) is 0 Å². The van der Waals surface area contributed by atoms with Crippen molar-refractivity contribution in [3.63, 3.8) is 0 Å². The summed E-state index contributed by atoms with van der Waals surface area (Å²) in [5.41, 5.74) is 0. The van der Waals surface area contributed by atoms with E-state index in [1.165, 1.54) is 25.1 Å². The quantitative estimate of drug-likeness (QED) is 0.634. The van der Waals surface area contributed by atoms with Crippen molar-refractivity contribution in [3.8, 4) is 12.3 Å². The van der Waals surface area contributed by atoms with E-state index in [4.69, 9.17) is 6.42 Å². The SMILES string of the molecule is C#C/C(=C(/OCC)C(F)(F)F)S(=O)(=O)c1ccccc1. The monoisotopic (exact) mass is 304 g/mol. The molecule has 108 valence electrons. The third-order valence-corrected chi connectivity index (χ3v) is 3.94. The average Bonchev–Trinajstić information content (AvgIpc) is 2.38. The number of ether oxygens (including phenoxy) is 1. The maximum atomic E-state index is 12.8. The molecule has 0 saturated heterocycles. The molecule has 0 aliphatic rings. The Labute approximate surface area is 115 Å². The highest BCUT2D eigenvalue weighted by Gasteiger charge is 2.42. The van der Waals surface area contributed by atoms with Gasteiger partial charge in [0.15, 0.2) is 4.91 Å². The summed E-state index contributed by atoms with van der Waals surface area (Å²) in [6.45, 7) is 0.944. The van der Waals surface area contributed by atoms with Gasteiger partial charge in [0.25, 0.3) is 0 Å². The van der Waals surface area contributed by atoms with Gasteiger partial charge in [0.05, 0.1) is 11.5 Å². The first-order valence-electron chi connectivity index (χ1n) is 5.46. The Kier molecular flexibility index (Phi) is 4.84. The fraction of sp³-hybridized carbons (Fsp3) is 0.231. The highest BCUT2D eigenvalue weighted by Crippen LogP contribution is 2.33. The summed E-state index contributed by atoms with van der Waals surface area (Å²) < 4.78 is 67.2. The highest BCUT2D eigenvalue weighted by molar-refractivity contribution is 7.95. The molecule has 1 aromatic carbocycles. The standard InChI is InChI=1S/C13H11F3O3S/c1-3-11(12(19-4-2)13(14,15)16)20(17,18)10-8-6-5-7-9-10/h1,5-9H,4H2,2H3/b12-11-. The van der Waals surface area contributed by atoms with Crippen LogP contribution in [0.2, 0.25) is 0 Å². The lowest BCUT2D eigenvalue weighted by Gasteiger charge is -2.15. The van der Waals surface area contributed by atoms with Crippen LogP contribution in [0.5, 0.6) is 0 Å². The number of hydrogen-bond acceptors (Lipinski definition) is 3. The molecule has 0 saturated carbocycles. The lowest BCUT2D eigenvalue weighted by molar-refractivity contribution is -0.130. The van der Waals surface area contributed by atoms with E-state index in [2.05, 4.69) is 4.74 Å². The third-order valence-electron chi connectivity index (χ3n) is 2.21. The maximum Gasteiger partial charge on any atom is 0.451 e. The normalized spacial score (nSPS) is 13.3. The van der Waals surface area contributed by atoms with Crippen LogP contribution >= 0.6 is 0 Å². The molecule has 0 unspecified atom stereocenters. The summed E-state index contributed by atoms with van der Waals surface area (Å²) in [6.07, 6.45) is -0.0295. The Morgan fingerprint density at radius 3 is 2.25 bits per heavy atom. The van der Waals surface area contributed by atoms with Crippen LogP contribution < -0.4 is 0 Å². The Morgan fingerprint density at radius 2 is 1.85 bits per heavy atom. The summed E-state index contributed by atoms with van der Waals surface area (Å²) >= 11 is 0. The van der Waals surface area contributed by atoms with Gasteiger partial charge in [-0.1, -0.05) is 24.1 Å². The molecule has 0 N–H and O–H groups in total. The van der Waals surface area contributed by atoms with Crippen LogP contribution in [-0.4, -0.2) is 21.2 Å². The summed E-state index contributed by atoms with van der Waals surface area (Å²) in [5.74, 6) is -0.0957. The van der Waals surface area contributed by atoms with Crippen molar-refractivity contribution in [2.75, 3.05) is 6.61 Å². The Morgan fingerprint density at radius 1 is 1.30 bits per heavy atom. The van der Waals surface area contributed by atoms with E-state index in [9.17, 15) is 21.6 Å². The van der Waals surface area contributed by atoms with Crippen LogP contribution in [0.3, 0.4) is 0 Å². The molecule has 0 atom stereocenters. The first kappa shape index (κ1) is 16.1. The Balaban J connectivity index is 3.56. The second kappa shape index (κ2) is 6.01. The minimum absolute atomic E-state index is 0.325. The average molecular weight is 304 g/mol. The number of terminal acetylenes is 1. The van der Waals surface area contributed by atoms with Gasteiger partial charge < -0.3 is 4.74 Å². The van der Waals surface area contributed by atoms with E-state index in [0.29, 0.717) is 0 Å². The Bertz CT molecular complexity index is 638. The molecule has 0 amide bonds. The zero-order valence-electron chi connectivity index (χ0n) is 10.4. The first-order valence-corrected chi connectivity index (χ1v) is 6.94. The molecule has 0 radical (unpaired) electrons. The molecule has 3 nitrogen and oxygen atoms in total. The van der Waals surface area contributed by atoms with E-state index in [1.54, 1.807) is 5.92 Å². The Hall–Kier alpha value is -1.94. The molecular weight excluding hydrogens is 293 g/mol. The molecule has 0 spiro atoms. The molecule has 0 aromatic heterocycles. The van der Waals surface area contributed by atoms with Gasteiger partial charge in [0.2, 0.25) is 15.6 Å². The minimum atomic E-state index is -4.99. The summed E-state index contributed by atoms with van der Waals surface area (Å²) in [6, 6.07) is 6.62. The highest BCUT2D eigenvalue weighted by atomic mass is 32.2. The fourth-order valence-corrected chi connectivity index (χ4v) is 2.73. The second-order valence-electron chi connectivity index (χ2n) is 3.55. The number of halogens is 3. The van der Waals surface area contributed by atoms with Gasteiger partial charge in [-0.3, -0.25) is 0 Å². The van der Waals surface area contributed by atoms with Gasteiger partial charge in [-0.25, -0.2) is 8.42 Å². The van der Waals surface area contributed by atoms with Gasteiger partial charge in [0.1, 0.15) is 0 Å². The predicted octanol–water partition coefficient (Wildman–Crippen LogP) is 2.90. The molecule has 0 aliphatic heterocycles. The number of hydrogen-bond donors (Lipinski definition) is 0. The van der Waals surface area contributed by atoms with E-state index in [1.807, 2.05) is 0 Å². The van der Waals surface area contributed by atoms with Gasteiger partial charge in [-0.2, -0.15) is 13.2 Å². The van der Waals surface area contributed by atoms with E-state index >= 15 is 0 Å². The maximum absolute atomic E-state index is 12.8. The minimum Gasteiger partial charge on any atom is -0.488 e. The van der Waals surface area contributed by atoms with Crippen LogP contribution in [0.1, 0.15) is 6.92 Å². The first-order chi connectivity index (χ1) is 9.25. The molecule has 20 heavy (non-hydrogen) atoms. The molecular formula is C13H11F3O3S. The van der Waals surface area contributed by atoms with Crippen molar-refractivity contribution in [2.45, 2.75) is 18.0 Å². The predicted molar refractivity (Wildman–Crippen MR) is 67.2 cm³/mol. The van der Waals surface area contributed by atoms with Crippen molar-refractivity contribution >= 4 is 9.84 Å². The summed E-state index contributed by atoms with van der Waals surface area (Å²) in [5, 5.41) is 0. The molecule has 1 aromatic rings. The number of alkyl halides is 3. The second-order valence-corrected chi connectivity index (χ2v) is 5.44. The van der Waals surface area contributed by atoms with Crippen LogP contribution in [0.15, 0.2) is 45.9 Å². The van der Waals surface area contributed by atoms with Crippen molar-refractivity contribution in [2.24, 2.45) is 0 Å². The van der Waals surface area contributed by atoms with Gasteiger partial charge >= 0.3 is 6.18 Å². The summed E-state index contributed by atoms with van der Waals surface area (Å²) in [7, 11) is -4.46. The smallest absolute Gasteiger partial charge is 0.451 e. The number of benzene rings is 1. The lowest BCUT2D eigenvalue weighted by Crippen LogP contribution is -2.20. The van der Waals surface area contributed by atoms with Crippen molar-refractivity contribution < 1.29 is 26.3 Å². The van der Waals surface area contributed by atoms with E-state index in [0.717, 1.165) is 12.1 Å². The van der Waals surface area contributed by atoms with Crippen LogP contribution in [0.4, 0.5) is 13.2 Å².